The van der Waals surface area contributed by atoms with Gasteiger partial charge in [-0.15, -0.1) is 0 Å². The number of anilines is 1. The maximum Gasteiger partial charge on any atom is 0.307 e. The SMILES string of the molecule is Cn1cnc(S(=O)(=O)Nc2ccc(CC(=O)O)cc2)c1. The molecular formula is C12H13N3O4S. The van der Waals surface area contributed by atoms with E-state index in [2.05, 4.69) is 9.71 Å². The van der Waals surface area contributed by atoms with Crippen molar-refractivity contribution in [2.24, 2.45) is 7.05 Å². The van der Waals surface area contributed by atoms with E-state index in [1.165, 1.54) is 29.2 Å². The van der Waals surface area contributed by atoms with E-state index >= 15 is 0 Å². The van der Waals surface area contributed by atoms with Crippen molar-refractivity contribution < 1.29 is 18.3 Å². The molecule has 1 heterocycles. The van der Waals surface area contributed by atoms with Crippen molar-refractivity contribution >= 4 is 21.7 Å². The molecule has 0 fully saturated rings. The molecule has 20 heavy (non-hydrogen) atoms. The zero-order chi connectivity index (χ0) is 14.8. The van der Waals surface area contributed by atoms with Gasteiger partial charge in [-0.05, 0) is 17.7 Å². The summed E-state index contributed by atoms with van der Waals surface area (Å²) in [4.78, 5) is 14.3. The zero-order valence-corrected chi connectivity index (χ0v) is 11.5. The van der Waals surface area contributed by atoms with Crippen LogP contribution in [0.15, 0.2) is 41.8 Å². The number of rotatable bonds is 5. The van der Waals surface area contributed by atoms with Crippen LogP contribution in [-0.2, 0) is 28.3 Å². The minimum Gasteiger partial charge on any atom is -0.481 e. The lowest BCUT2D eigenvalue weighted by molar-refractivity contribution is -0.136. The van der Waals surface area contributed by atoms with Gasteiger partial charge in [0.25, 0.3) is 10.0 Å². The summed E-state index contributed by atoms with van der Waals surface area (Å²) in [5, 5.41) is 8.58. The van der Waals surface area contributed by atoms with Crippen molar-refractivity contribution in [1.29, 1.82) is 0 Å². The second-order valence-electron chi connectivity index (χ2n) is 4.25. The van der Waals surface area contributed by atoms with Crippen LogP contribution < -0.4 is 4.72 Å². The highest BCUT2D eigenvalue weighted by atomic mass is 32.2. The molecule has 1 aromatic carbocycles. The number of imidazole rings is 1. The van der Waals surface area contributed by atoms with Crippen molar-refractivity contribution in [1.82, 2.24) is 9.55 Å². The predicted molar refractivity (Wildman–Crippen MR) is 71.8 cm³/mol. The first kappa shape index (κ1) is 14.1. The number of aliphatic carboxylic acids is 1. The Balaban J connectivity index is 2.15. The van der Waals surface area contributed by atoms with Crippen LogP contribution >= 0.6 is 0 Å². The molecule has 7 nitrogen and oxygen atoms in total. The highest BCUT2D eigenvalue weighted by Gasteiger charge is 2.16. The molecule has 0 bridgehead atoms. The fourth-order valence-electron chi connectivity index (χ4n) is 1.60. The molecule has 0 aliphatic heterocycles. The van der Waals surface area contributed by atoms with E-state index in [9.17, 15) is 13.2 Å². The molecule has 0 unspecified atom stereocenters. The second-order valence-corrected chi connectivity index (χ2v) is 5.88. The zero-order valence-electron chi connectivity index (χ0n) is 10.6. The number of benzene rings is 1. The Morgan fingerprint density at radius 2 is 2.00 bits per heavy atom. The second kappa shape index (κ2) is 5.33. The van der Waals surface area contributed by atoms with E-state index in [-0.39, 0.29) is 11.4 Å². The largest absolute Gasteiger partial charge is 0.481 e. The van der Waals surface area contributed by atoms with Gasteiger partial charge in [0.1, 0.15) is 0 Å². The summed E-state index contributed by atoms with van der Waals surface area (Å²) in [6, 6.07) is 6.15. The number of nitrogens with one attached hydrogen (secondary N) is 1. The molecule has 0 amide bonds. The van der Waals surface area contributed by atoms with E-state index < -0.39 is 16.0 Å². The first-order chi connectivity index (χ1) is 9.37. The summed E-state index contributed by atoms with van der Waals surface area (Å²) >= 11 is 0. The average molecular weight is 295 g/mol. The third-order valence-electron chi connectivity index (χ3n) is 2.52. The molecule has 0 spiro atoms. The van der Waals surface area contributed by atoms with Gasteiger partial charge >= 0.3 is 5.97 Å². The van der Waals surface area contributed by atoms with E-state index in [1.807, 2.05) is 0 Å². The summed E-state index contributed by atoms with van der Waals surface area (Å²) in [7, 11) is -2.05. The monoisotopic (exact) mass is 295 g/mol. The summed E-state index contributed by atoms with van der Waals surface area (Å²) in [5.74, 6) is -0.938. The molecule has 0 saturated carbocycles. The van der Waals surface area contributed by atoms with Gasteiger partial charge < -0.3 is 9.67 Å². The van der Waals surface area contributed by atoms with Gasteiger partial charge in [-0.3, -0.25) is 9.52 Å². The molecule has 1 aromatic heterocycles. The number of sulfonamides is 1. The Morgan fingerprint density at radius 3 is 2.50 bits per heavy atom. The summed E-state index contributed by atoms with van der Waals surface area (Å²) < 4.78 is 27.9. The molecule has 2 N–H and O–H groups in total. The van der Waals surface area contributed by atoms with E-state index in [0.29, 0.717) is 11.3 Å². The van der Waals surface area contributed by atoms with Gasteiger partial charge in [0.2, 0.25) is 0 Å². The Hall–Kier alpha value is -2.35. The van der Waals surface area contributed by atoms with Gasteiger partial charge in [0.15, 0.2) is 5.03 Å². The van der Waals surface area contributed by atoms with Crippen LogP contribution in [0.1, 0.15) is 5.56 Å². The Bertz CT molecular complexity index is 719. The Morgan fingerprint density at radius 1 is 1.35 bits per heavy atom. The number of carboxylic acid groups (broad SMARTS) is 1. The van der Waals surface area contributed by atoms with Crippen molar-refractivity contribution in [2.45, 2.75) is 11.4 Å². The average Bonchev–Trinajstić information content (AvgIpc) is 2.78. The van der Waals surface area contributed by atoms with Crippen LogP contribution in [0.4, 0.5) is 5.69 Å². The molecule has 0 atom stereocenters. The third-order valence-corrected chi connectivity index (χ3v) is 3.78. The molecule has 106 valence electrons. The number of hydrogen-bond acceptors (Lipinski definition) is 4. The van der Waals surface area contributed by atoms with Crippen molar-refractivity contribution in [3.63, 3.8) is 0 Å². The lowest BCUT2D eigenvalue weighted by Gasteiger charge is -2.06. The van der Waals surface area contributed by atoms with Gasteiger partial charge in [-0.2, -0.15) is 8.42 Å². The van der Waals surface area contributed by atoms with Crippen LogP contribution in [-0.4, -0.2) is 29.0 Å². The minimum absolute atomic E-state index is 0.0744. The topological polar surface area (TPSA) is 101 Å². The van der Waals surface area contributed by atoms with Crippen LogP contribution in [0.2, 0.25) is 0 Å². The van der Waals surface area contributed by atoms with E-state index in [0.717, 1.165) is 0 Å². The van der Waals surface area contributed by atoms with Crippen LogP contribution in [0.3, 0.4) is 0 Å². The fraction of sp³-hybridized carbons (Fsp3) is 0.167. The van der Waals surface area contributed by atoms with Gasteiger partial charge in [-0.1, -0.05) is 12.1 Å². The molecule has 0 aliphatic rings. The highest BCUT2D eigenvalue weighted by molar-refractivity contribution is 7.92. The Labute approximate surface area is 115 Å². The summed E-state index contributed by atoms with van der Waals surface area (Å²) in [6.45, 7) is 0. The molecule has 0 aliphatic carbocycles. The van der Waals surface area contributed by atoms with E-state index in [1.54, 1.807) is 19.2 Å². The first-order valence-corrected chi connectivity index (χ1v) is 7.17. The summed E-state index contributed by atoms with van der Waals surface area (Å²) in [6.07, 6.45) is 2.68. The maximum absolute atomic E-state index is 12.0. The standard InChI is InChI=1S/C12H13N3O4S/c1-15-7-11(13-8-15)20(18,19)14-10-4-2-9(3-5-10)6-12(16)17/h2-5,7-8,14H,6H2,1H3,(H,16,17). The summed E-state index contributed by atoms with van der Waals surface area (Å²) in [5.41, 5.74) is 0.947. The number of nitrogens with zero attached hydrogens (tertiary/aromatic N) is 2. The van der Waals surface area contributed by atoms with Crippen LogP contribution in [0, 0.1) is 0 Å². The number of carbonyl (C=O) groups is 1. The smallest absolute Gasteiger partial charge is 0.307 e. The fourth-order valence-corrected chi connectivity index (χ4v) is 2.64. The highest BCUT2D eigenvalue weighted by Crippen LogP contribution is 2.15. The van der Waals surface area contributed by atoms with Gasteiger partial charge in [-0.25, -0.2) is 4.98 Å². The van der Waals surface area contributed by atoms with Crippen LogP contribution in [0.5, 0.6) is 0 Å². The van der Waals surface area contributed by atoms with Gasteiger partial charge in [0, 0.05) is 18.9 Å². The first-order valence-electron chi connectivity index (χ1n) is 5.68. The number of aryl methyl sites for hydroxylation is 1. The maximum atomic E-state index is 12.0. The minimum atomic E-state index is -3.73. The number of aromatic nitrogens is 2. The Kier molecular flexibility index (Phi) is 3.75. The predicted octanol–water partition coefficient (Wildman–Crippen LogP) is 0.848. The van der Waals surface area contributed by atoms with Crippen molar-refractivity contribution in [3.8, 4) is 0 Å². The van der Waals surface area contributed by atoms with E-state index in [4.69, 9.17) is 5.11 Å². The molecule has 2 aromatic rings. The molecular weight excluding hydrogens is 282 g/mol. The number of carboxylic acids is 1. The quantitative estimate of drug-likeness (QED) is 0.851. The van der Waals surface area contributed by atoms with Crippen molar-refractivity contribution in [3.05, 3.63) is 42.4 Å². The van der Waals surface area contributed by atoms with Crippen LogP contribution in [0.25, 0.3) is 0 Å². The molecule has 2 rings (SSSR count). The lowest BCUT2D eigenvalue weighted by atomic mass is 10.1. The normalized spacial score (nSPS) is 11.2. The molecule has 8 heteroatoms. The number of hydrogen-bond donors (Lipinski definition) is 2. The van der Waals surface area contributed by atoms with Crippen molar-refractivity contribution in [2.75, 3.05) is 4.72 Å². The lowest BCUT2D eigenvalue weighted by Crippen LogP contribution is -2.13. The van der Waals surface area contributed by atoms with Gasteiger partial charge in [0.05, 0.1) is 12.7 Å². The molecule has 0 radical (unpaired) electrons. The molecule has 0 saturated heterocycles. The third kappa shape index (κ3) is 3.35.